The summed E-state index contributed by atoms with van der Waals surface area (Å²) < 4.78 is 79.0. The van der Waals surface area contributed by atoms with Gasteiger partial charge in [0.25, 0.3) is 20.4 Å². The Balaban J connectivity index is 1.35. The Bertz CT molecular complexity index is 2620. The Labute approximate surface area is 324 Å². The van der Waals surface area contributed by atoms with Gasteiger partial charge in [0.1, 0.15) is 22.7 Å². The highest BCUT2D eigenvalue weighted by molar-refractivity contribution is 7.90. The maximum absolute atomic E-state index is 13.4. The zero-order chi connectivity index (χ0) is 39.7. The van der Waals surface area contributed by atoms with E-state index in [-0.39, 0.29) is 81.3 Å². The van der Waals surface area contributed by atoms with Crippen molar-refractivity contribution in [3.05, 3.63) is 137 Å². The van der Waals surface area contributed by atoms with Crippen molar-refractivity contribution in [1.29, 1.82) is 0 Å². The van der Waals surface area contributed by atoms with Crippen molar-refractivity contribution in [2.75, 3.05) is 23.7 Å². The van der Waals surface area contributed by atoms with Gasteiger partial charge in [0.2, 0.25) is 0 Å². The van der Waals surface area contributed by atoms with E-state index >= 15 is 0 Å². The van der Waals surface area contributed by atoms with Crippen molar-refractivity contribution in [3.8, 4) is 11.5 Å². The number of anilines is 2. The SMILES string of the molecule is COCc1c(Cc2cccc(NS(N)(=O)=O)c2)c(=O)oc2cc(Oc3cc4oc(=O)c(Cc5cccc(NS(N)(=O)=O)c5)c(COC)c4cc3Cl)c(Cl)cc12. The van der Waals surface area contributed by atoms with Crippen LogP contribution in [-0.2, 0) is 55.9 Å². The van der Waals surface area contributed by atoms with Gasteiger partial charge in [0, 0.05) is 61.1 Å². The van der Waals surface area contributed by atoms with E-state index in [0.29, 0.717) is 33.0 Å². The van der Waals surface area contributed by atoms with Crippen molar-refractivity contribution < 1.29 is 39.9 Å². The summed E-state index contributed by atoms with van der Waals surface area (Å²) in [5.74, 6) is 0.140. The van der Waals surface area contributed by atoms with Crippen LogP contribution >= 0.6 is 23.2 Å². The molecule has 0 aliphatic rings. The summed E-state index contributed by atoms with van der Waals surface area (Å²) in [6.45, 7) is 0.0324. The van der Waals surface area contributed by atoms with Crippen LogP contribution in [0, 0.1) is 0 Å². The van der Waals surface area contributed by atoms with Crippen LogP contribution in [0.5, 0.6) is 11.5 Å². The fraction of sp³-hybridized carbons (Fsp3) is 0.167. The number of hydrogen-bond acceptors (Lipinski definition) is 11. The Kier molecular flexibility index (Phi) is 11.6. The Morgan fingerprint density at radius 3 is 1.38 bits per heavy atom. The lowest BCUT2D eigenvalue weighted by Crippen LogP contribution is -2.21. The number of hydrogen-bond donors (Lipinski definition) is 4. The molecule has 2 aromatic heterocycles. The lowest BCUT2D eigenvalue weighted by Gasteiger charge is -2.16. The smallest absolute Gasteiger partial charge is 0.340 e. The third kappa shape index (κ3) is 9.46. The molecule has 6 N–H and O–H groups in total. The summed E-state index contributed by atoms with van der Waals surface area (Å²) in [6, 6.07) is 18.7. The van der Waals surface area contributed by atoms with Gasteiger partial charge >= 0.3 is 11.3 Å². The van der Waals surface area contributed by atoms with Gasteiger partial charge in [-0.25, -0.2) is 19.9 Å². The molecule has 55 heavy (non-hydrogen) atoms. The molecular weight excluding hydrogens is 799 g/mol. The van der Waals surface area contributed by atoms with Crippen molar-refractivity contribution in [1.82, 2.24) is 0 Å². The Hall–Kier alpha value is -4.98. The van der Waals surface area contributed by atoms with Crippen LogP contribution in [0.3, 0.4) is 0 Å². The number of nitrogens with two attached hydrogens (primary N) is 2. The van der Waals surface area contributed by atoms with Crippen molar-refractivity contribution in [2.24, 2.45) is 10.3 Å². The molecule has 0 saturated carbocycles. The molecule has 0 atom stereocenters. The van der Waals surface area contributed by atoms with Crippen molar-refractivity contribution in [3.63, 3.8) is 0 Å². The second kappa shape index (κ2) is 16.0. The van der Waals surface area contributed by atoms with Crippen LogP contribution in [0.25, 0.3) is 21.9 Å². The number of benzene rings is 4. The molecule has 0 amide bonds. The molecule has 4 aromatic carbocycles. The average Bonchev–Trinajstić information content (AvgIpc) is 3.08. The highest BCUT2D eigenvalue weighted by Gasteiger charge is 2.21. The second-order valence-corrected chi connectivity index (χ2v) is 15.7. The van der Waals surface area contributed by atoms with Crippen molar-refractivity contribution in [2.45, 2.75) is 26.1 Å². The molecular formula is C36H32Cl2N4O11S2. The normalized spacial score (nSPS) is 12.0. The first-order chi connectivity index (χ1) is 26.0. The fourth-order valence-corrected chi connectivity index (χ4v) is 7.40. The molecule has 0 fully saturated rings. The van der Waals surface area contributed by atoms with Gasteiger partial charge in [0.15, 0.2) is 0 Å². The molecule has 0 aliphatic carbocycles. The maximum Gasteiger partial charge on any atom is 0.340 e. The Morgan fingerprint density at radius 1 is 0.618 bits per heavy atom. The quantitative estimate of drug-likeness (QED) is 0.0972. The van der Waals surface area contributed by atoms with Gasteiger partial charge in [-0.3, -0.25) is 9.44 Å². The van der Waals surface area contributed by atoms with Gasteiger partial charge in [-0.05, 0) is 58.7 Å². The summed E-state index contributed by atoms with van der Waals surface area (Å²) in [5, 5.41) is 11.4. The summed E-state index contributed by atoms with van der Waals surface area (Å²) in [7, 11) is -5.11. The molecule has 0 aliphatic heterocycles. The Morgan fingerprint density at radius 2 is 1.02 bits per heavy atom. The van der Waals surface area contributed by atoms with E-state index in [1.807, 2.05) is 0 Å². The monoisotopic (exact) mass is 830 g/mol. The number of rotatable bonds is 14. The number of nitrogens with one attached hydrogen (secondary N) is 2. The molecule has 6 rings (SSSR count). The van der Waals surface area contributed by atoms with E-state index < -0.39 is 31.7 Å². The lowest BCUT2D eigenvalue weighted by atomic mass is 9.98. The standard InChI is InChI=1S/C36H32Cl2N4O11S2/c1-49-17-27-23-13-29(37)33(15-31(23)52-35(43)25(27)11-19-5-3-7-21(9-19)41-54(39,45)46)51-34-16-32-24(14-30(34)38)28(18-50-2)26(36(44)53-32)12-20-6-4-8-22(10-20)42-55(40,47)48/h3-10,13-16,41-42H,11-12,17-18H2,1-2H3,(H2,39,45,46)(H2,40,47,48). The molecule has 288 valence electrons. The van der Waals surface area contributed by atoms with Gasteiger partial charge in [0.05, 0.1) is 34.6 Å². The predicted octanol–water partition coefficient (Wildman–Crippen LogP) is 5.70. The van der Waals surface area contributed by atoms with Crippen LogP contribution < -0.4 is 35.7 Å². The zero-order valence-electron chi connectivity index (χ0n) is 29.0. The first-order valence-corrected chi connectivity index (χ1v) is 19.9. The fourth-order valence-electron chi connectivity index (χ4n) is 6.08. The van der Waals surface area contributed by atoms with Crippen LogP contribution in [0.1, 0.15) is 33.4 Å². The van der Waals surface area contributed by atoms with Gasteiger partial charge in [-0.1, -0.05) is 47.5 Å². The number of fused-ring (bicyclic) bond motifs is 2. The van der Waals surface area contributed by atoms with Crippen molar-refractivity contribution >= 4 is 76.9 Å². The molecule has 0 radical (unpaired) electrons. The van der Waals surface area contributed by atoms with Crippen LogP contribution in [-0.4, -0.2) is 31.1 Å². The van der Waals surface area contributed by atoms with E-state index in [1.165, 1.54) is 38.5 Å². The highest BCUT2D eigenvalue weighted by atomic mass is 35.5. The summed E-state index contributed by atoms with van der Waals surface area (Å²) in [4.78, 5) is 26.8. The van der Waals surface area contributed by atoms with E-state index in [9.17, 15) is 26.4 Å². The molecule has 0 saturated heterocycles. The van der Waals surface area contributed by atoms with E-state index in [0.717, 1.165) is 0 Å². The summed E-state index contributed by atoms with van der Waals surface area (Å²) >= 11 is 13.5. The van der Waals surface area contributed by atoms with Crippen LogP contribution in [0.15, 0.2) is 91.2 Å². The minimum absolute atomic E-state index is 0.0162. The molecule has 15 nitrogen and oxygen atoms in total. The largest absolute Gasteiger partial charge is 0.454 e. The molecule has 19 heteroatoms. The summed E-state index contributed by atoms with van der Waals surface area (Å²) in [6.07, 6.45) is 0.139. The van der Waals surface area contributed by atoms with Gasteiger partial charge in [-0.2, -0.15) is 16.8 Å². The molecule has 0 unspecified atom stereocenters. The molecule has 6 aromatic rings. The average molecular weight is 832 g/mol. The van der Waals surface area contributed by atoms with Crippen LogP contribution in [0.4, 0.5) is 11.4 Å². The topological polar surface area (TPSA) is 232 Å². The predicted molar refractivity (Wildman–Crippen MR) is 208 cm³/mol. The zero-order valence-corrected chi connectivity index (χ0v) is 32.1. The molecule has 0 spiro atoms. The van der Waals surface area contributed by atoms with Gasteiger partial charge in [-0.15, -0.1) is 0 Å². The maximum atomic E-state index is 13.4. The first kappa shape index (κ1) is 39.7. The highest BCUT2D eigenvalue weighted by Crippen LogP contribution is 2.40. The minimum Gasteiger partial charge on any atom is -0.454 e. The lowest BCUT2D eigenvalue weighted by molar-refractivity contribution is 0.184. The molecule has 2 heterocycles. The first-order valence-electron chi connectivity index (χ1n) is 16.0. The third-order valence-electron chi connectivity index (χ3n) is 8.28. The summed E-state index contributed by atoms with van der Waals surface area (Å²) in [5.41, 5.74) is 2.04. The number of halogens is 2. The molecule has 0 bridgehead atoms. The van der Waals surface area contributed by atoms with E-state index in [4.69, 9.17) is 56.5 Å². The van der Waals surface area contributed by atoms with E-state index in [1.54, 1.807) is 48.5 Å². The second-order valence-electron chi connectivity index (χ2n) is 12.3. The third-order valence-corrected chi connectivity index (χ3v) is 9.91. The van der Waals surface area contributed by atoms with E-state index in [2.05, 4.69) is 9.44 Å². The van der Waals surface area contributed by atoms with Gasteiger partial charge < -0.3 is 23.0 Å². The minimum atomic E-state index is -4.02. The number of ether oxygens (including phenoxy) is 3. The van der Waals surface area contributed by atoms with Crippen LogP contribution in [0.2, 0.25) is 10.0 Å². The number of methoxy groups -OCH3 is 2.